The number of hydrogen-bond acceptors (Lipinski definition) is 5. The van der Waals surface area contributed by atoms with E-state index >= 15 is 0 Å². The first kappa shape index (κ1) is 18.7. The lowest BCUT2D eigenvalue weighted by Gasteiger charge is -2.13. The predicted octanol–water partition coefficient (Wildman–Crippen LogP) is 2.99. The van der Waals surface area contributed by atoms with E-state index in [0.717, 1.165) is 5.56 Å². The van der Waals surface area contributed by atoms with E-state index in [1.807, 2.05) is 30.3 Å². The lowest BCUT2D eigenvalue weighted by atomic mass is 10.0. The first-order valence-corrected chi connectivity index (χ1v) is 8.19. The maximum Gasteiger partial charge on any atom is 0.322 e. The third kappa shape index (κ3) is 5.72. The molecule has 2 aromatic carbocycles. The van der Waals surface area contributed by atoms with E-state index in [2.05, 4.69) is 5.32 Å². The molecule has 5 nitrogen and oxygen atoms in total. The Bertz CT molecular complexity index is 683. The summed E-state index contributed by atoms with van der Waals surface area (Å²) in [5.41, 5.74) is 1.69. The maximum absolute atomic E-state index is 12.2. The highest BCUT2D eigenvalue weighted by Gasteiger charge is 2.18. The smallest absolute Gasteiger partial charge is 0.322 e. The molecule has 0 radical (unpaired) electrons. The Kier molecular flexibility index (Phi) is 7.16. The van der Waals surface area contributed by atoms with Crippen molar-refractivity contribution in [2.24, 2.45) is 0 Å². The minimum Gasteiger partial charge on any atom is -0.489 e. The van der Waals surface area contributed by atoms with Crippen LogP contribution in [0.25, 0.3) is 0 Å². The zero-order valence-corrected chi connectivity index (χ0v) is 14.5. The molecule has 2 rings (SSSR count). The number of nitrogens with one attached hydrogen (secondary N) is 1. The van der Waals surface area contributed by atoms with Gasteiger partial charge in [-0.2, -0.15) is 0 Å². The average Bonchev–Trinajstić information content (AvgIpc) is 2.67. The lowest BCUT2D eigenvalue weighted by molar-refractivity contribution is -0.143. The van der Waals surface area contributed by atoms with Crippen LogP contribution in [0.2, 0.25) is 0 Å². The van der Waals surface area contributed by atoms with Gasteiger partial charge in [0.05, 0.1) is 7.11 Å². The molecule has 0 spiro atoms. The summed E-state index contributed by atoms with van der Waals surface area (Å²) < 4.78 is 10.4. The van der Waals surface area contributed by atoms with Crippen LogP contribution in [0.3, 0.4) is 0 Å². The number of methoxy groups -OCH3 is 1. The highest BCUT2D eigenvalue weighted by molar-refractivity contribution is 5.96. The molecule has 0 aromatic heterocycles. The zero-order chi connectivity index (χ0) is 18.1. The van der Waals surface area contributed by atoms with Gasteiger partial charge in [-0.05, 0) is 43.3 Å². The highest BCUT2D eigenvalue weighted by Crippen LogP contribution is 2.16. The number of likely N-dealkylation sites (N-methyl/N-ethyl adjacent to an activating group) is 1. The van der Waals surface area contributed by atoms with Crippen molar-refractivity contribution in [1.82, 2.24) is 5.32 Å². The van der Waals surface area contributed by atoms with Crippen molar-refractivity contribution in [3.63, 3.8) is 0 Å². The van der Waals surface area contributed by atoms with Crippen LogP contribution < -0.4 is 10.1 Å². The molecule has 132 valence electrons. The number of rotatable bonds is 9. The third-order valence-electron chi connectivity index (χ3n) is 3.92. The Hall–Kier alpha value is -2.66. The van der Waals surface area contributed by atoms with E-state index in [0.29, 0.717) is 24.3 Å². The number of carbonyl (C=O) groups is 2. The molecule has 0 heterocycles. The van der Waals surface area contributed by atoms with Crippen LogP contribution in [0, 0.1) is 0 Å². The van der Waals surface area contributed by atoms with Gasteiger partial charge in [0.2, 0.25) is 0 Å². The van der Waals surface area contributed by atoms with Gasteiger partial charge in [0.1, 0.15) is 18.4 Å². The summed E-state index contributed by atoms with van der Waals surface area (Å²) in [4.78, 5) is 23.8. The summed E-state index contributed by atoms with van der Waals surface area (Å²) in [5, 5.41) is 2.85. The number of Topliss-reactive ketones (excluding diaryl/α,β-unsaturated/α-hetero) is 1. The summed E-state index contributed by atoms with van der Waals surface area (Å²) in [6.45, 7) is 0.483. The van der Waals surface area contributed by atoms with E-state index in [1.165, 1.54) is 7.11 Å². The van der Waals surface area contributed by atoms with Crippen molar-refractivity contribution in [3.8, 4) is 5.75 Å². The highest BCUT2D eigenvalue weighted by atomic mass is 16.5. The molecule has 0 aliphatic carbocycles. The van der Waals surface area contributed by atoms with Crippen LogP contribution in [0.15, 0.2) is 54.6 Å². The Labute approximate surface area is 148 Å². The molecule has 0 fully saturated rings. The molecular weight excluding hydrogens is 318 g/mol. The van der Waals surface area contributed by atoms with E-state index in [1.54, 1.807) is 31.3 Å². The molecule has 0 unspecified atom stereocenters. The van der Waals surface area contributed by atoms with Gasteiger partial charge >= 0.3 is 5.97 Å². The monoisotopic (exact) mass is 341 g/mol. The quantitative estimate of drug-likeness (QED) is 0.561. The fraction of sp³-hybridized carbons (Fsp3) is 0.300. The summed E-state index contributed by atoms with van der Waals surface area (Å²) in [6.07, 6.45) is 0.666. The Morgan fingerprint density at radius 1 is 1.04 bits per heavy atom. The van der Waals surface area contributed by atoms with E-state index < -0.39 is 6.04 Å². The van der Waals surface area contributed by atoms with E-state index in [4.69, 9.17) is 9.47 Å². The van der Waals surface area contributed by atoms with Gasteiger partial charge in [-0.1, -0.05) is 30.3 Å². The first-order valence-electron chi connectivity index (χ1n) is 8.19. The minimum atomic E-state index is -0.470. The molecule has 0 saturated heterocycles. The second kappa shape index (κ2) is 9.59. The van der Waals surface area contributed by atoms with Gasteiger partial charge in [-0.3, -0.25) is 9.59 Å². The van der Waals surface area contributed by atoms with Crippen LogP contribution in [0.4, 0.5) is 0 Å². The van der Waals surface area contributed by atoms with Gasteiger partial charge in [0.15, 0.2) is 5.78 Å². The van der Waals surface area contributed by atoms with Crippen molar-refractivity contribution in [2.75, 3.05) is 14.2 Å². The summed E-state index contributed by atoms with van der Waals surface area (Å²) >= 11 is 0. The van der Waals surface area contributed by atoms with Crippen molar-refractivity contribution < 1.29 is 19.1 Å². The molecule has 0 saturated carbocycles. The summed E-state index contributed by atoms with van der Waals surface area (Å²) in [7, 11) is 3.01. The second-order valence-electron chi connectivity index (χ2n) is 5.62. The Morgan fingerprint density at radius 2 is 1.72 bits per heavy atom. The van der Waals surface area contributed by atoms with Crippen molar-refractivity contribution in [2.45, 2.75) is 25.5 Å². The molecule has 25 heavy (non-hydrogen) atoms. The molecule has 0 bridgehead atoms. The summed E-state index contributed by atoms with van der Waals surface area (Å²) in [5.74, 6) is 0.335. The number of benzene rings is 2. The normalized spacial score (nSPS) is 11.6. The number of ketones is 1. The fourth-order valence-electron chi connectivity index (χ4n) is 2.42. The number of carbonyl (C=O) groups excluding carboxylic acids is 2. The maximum atomic E-state index is 12.2. The molecule has 1 atom stereocenters. The van der Waals surface area contributed by atoms with E-state index in [9.17, 15) is 9.59 Å². The molecule has 0 aliphatic heterocycles. The zero-order valence-electron chi connectivity index (χ0n) is 14.5. The molecule has 0 amide bonds. The fourth-order valence-corrected chi connectivity index (χ4v) is 2.42. The minimum absolute atomic E-state index is 0.0150. The van der Waals surface area contributed by atoms with Crippen LogP contribution >= 0.6 is 0 Å². The van der Waals surface area contributed by atoms with Crippen molar-refractivity contribution in [1.29, 1.82) is 0 Å². The molecular formula is C20H23NO4. The SMILES string of the molecule is CN[C@@H](CCC(=O)c1ccc(OCc2ccccc2)cc1)C(=O)OC. The molecule has 5 heteroatoms. The summed E-state index contributed by atoms with van der Waals surface area (Å²) in [6, 6.07) is 16.5. The van der Waals surface area contributed by atoms with Crippen LogP contribution in [-0.4, -0.2) is 32.0 Å². The second-order valence-corrected chi connectivity index (χ2v) is 5.62. The van der Waals surface area contributed by atoms with Crippen molar-refractivity contribution in [3.05, 3.63) is 65.7 Å². The largest absolute Gasteiger partial charge is 0.489 e. The Morgan fingerprint density at radius 3 is 2.32 bits per heavy atom. The lowest BCUT2D eigenvalue weighted by Crippen LogP contribution is -2.35. The predicted molar refractivity (Wildman–Crippen MR) is 95.6 cm³/mol. The molecule has 0 aliphatic rings. The number of hydrogen-bond donors (Lipinski definition) is 1. The van der Waals surface area contributed by atoms with Crippen LogP contribution in [0.5, 0.6) is 5.75 Å². The van der Waals surface area contributed by atoms with Crippen LogP contribution in [0.1, 0.15) is 28.8 Å². The molecule has 2 aromatic rings. The van der Waals surface area contributed by atoms with E-state index in [-0.39, 0.29) is 18.2 Å². The first-order chi connectivity index (χ1) is 12.1. The average molecular weight is 341 g/mol. The van der Waals surface area contributed by atoms with Gasteiger partial charge in [-0.25, -0.2) is 0 Å². The number of ether oxygens (including phenoxy) is 2. The van der Waals surface area contributed by atoms with Crippen molar-refractivity contribution >= 4 is 11.8 Å². The standard InChI is InChI=1S/C20H23NO4/c1-21-18(20(23)24-2)12-13-19(22)16-8-10-17(11-9-16)25-14-15-6-4-3-5-7-15/h3-11,18,21H,12-14H2,1-2H3/t18-/m0/s1. The number of esters is 1. The van der Waals surface area contributed by atoms with Gasteiger partial charge < -0.3 is 14.8 Å². The van der Waals surface area contributed by atoms with Gasteiger partial charge in [0.25, 0.3) is 0 Å². The topological polar surface area (TPSA) is 64.6 Å². The Balaban J connectivity index is 1.86. The third-order valence-corrected chi connectivity index (χ3v) is 3.92. The van der Waals surface area contributed by atoms with Crippen LogP contribution in [-0.2, 0) is 16.1 Å². The van der Waals surface area contributed by atoms with Gasteiger partial charge in [-0.15, -0.1) is 0 Å². The van der Waals surface area contributed by atoms with Gasteiger partial charge in [0, 0.05) is 12.0 Å². The molecule has 1 N–H and O–H groups in total.